The molecule has 0 aliphatic carbocycles. The van der Waals surface area contributed by atoms with Crippen molar-refractivity contribution in [3.05, 3.63) is 12.1 Å². The number of amides is 2. The summed E-state index contributed by atoms with van der Waals surface area (Å²) in [5.74, 6) is 0.00213. The summed E-state index contributed by atoms with van der Waals surface area (Å²) in [5.41, 5.74) is 0. The normalized spacial score (nSPS) is 20.6. The summed E-state index contributed by atoms with van der Waals surface area (Å²) in [5, 5.41) is 2.53. The second-order valence-corrected chi connectivity index (χ2v) is 6.64. The fourth-order valence-electron chi connectivity index (χ4n) is 2.19. The molecule has 23 heavy (non-hydrogen) atoms. The molecule has 0 aromatic carbocycles. The fourth-order valence-corrected chi connectivity index (χ4v) is 2.96. The van der Waals surface area contributed by atoms with Crippen molar-refractivity contribution in [3.63, 3.8) is 0 Å². The van der Waals surface area contributed by atoms with Crippen LogP contribution in [0.1, 0.15) is 0 Å². The van der Waals surface area contributed by atoms with Gasteiger partial charge in [-0.2, -0.15) is 8.42 Å². The van der Waals surface area contributed by atoms with Crippen molar-refractivity contribution in [1.82, 2.24) is 4.98 Å². The van der Waals surface area contributed by atoms with Crippen LogP contribution in [-0.2, 0) is 23.8 Å². The SMILES string of the molecule is COS(=O)(=O)C[C@H]1CN(c2ccc3c(n2)NC(=O)CO3)C(=O)O1. The highest BCUT2D eigenvalue weighted by Gasteiger charge is 2.36. The van der Waals surface area contributed by atoms with Crippen LogP contribution in [0.25, 0.3) is 0 Å². The van der Waals surface area contributed by atoms with Crippen molar-refractivity contribution in [2.24, 2.45) is 0 Å². The number of fused-ring (bicyclic) bond motifs is 1. The first-order chi connectivity index (χ1) is 10.9. The van der Waals surface area contributed by atoms with Crippen LogP contribution in [-0.4, -0.2) is 57.5 Å². The maximum absolute atomic E-state index is 11.9. The average molecular weight is 343 g/mol. The molecule has 2 aliphatic rings. The minimum Gasteiger partial charge on any atom is -0.480 e. The largest absolute Gasteiger partial charge is 0.480 e. The molecule has 1 aromatic rings. The van der Waals surface area contributed by atoms with Gasteiger partial charge in [-0.3, -0.25) is 13.9 Å². The van der Waals surface area contributed by atoms with E-state index in [1.807, 2.05) is 0 Å². The summed E-state index contributed by atoms with van der Waals surface area (Å²) < 4.78 is 37.4. The quantitative estimate of drug-likeness (QED) is 0.740. The van der Waals surface area contributed by atoms with Crippen molar-refractivity contribution >= 4 is 33.8 Å². The Balaban J connectivity index is 1.78. The van der Waals surface area contributed by atoms with Gasteiger partial charge in [0.2, 0.25) is 0 Å². The number of nitrogens with zero attached hydrogens (tertiary/aromatic N) is 2. The van der Waals surface area contributed by atoms with Crippen molar-refractivity contribution in [3.8, 4) is 5.75 Å². The molecule has 2 aliphatic heterocycles. The van der Waals surface area contributed by atoms with E-state index in [1.165, 1.54) is 11.0 Å². The Morgan fingerprint density at radius 3 is 2.96 bits per heavy atom. The molecule has 124 valence electrons. The zero-order chi connectivity index (χ0) is 16.6. The molecule has 1 atom stereocenters. The van der Waals surface area contributed by atoms with Gasteiger partial charge >= 0.3 is 6.09 Å². The van der Waals surface area contributed by atoms with Crippen LogP contribution in [0, 0.1) is 0 Å². The maximum Gasteiger partial charge on any atom is 0.415 e. The first kappa shape index (κ1) is 15.5. The summed E-state index contributed by atoms with van der Waals surface area (Å²) in [6.07, 6.45) is -1.59. The summed E-state index contributed by atoms with van der Waals surface area (Å²) in [6.45, 7) is -0.0985. The third-order valence-corrected chi connectivity index (χ3v) is 4.54. The molecule has 1 N–H and O–H groups in total. The highest BCUT2D eigenvalue weighted by Crippen LogP contribution is 2.30. The number of ether oxygens (including phenoxy) is 2. The van der Waals surface area contributed by atoms with E-state index in [0.717, 1.165) is 7.11 Å². The number of aromatic nitrogens is 1. The molecule has 0 saturated carbocycles. The molecule has 2 amide bonds. The van der Waals surface area contributed by atoms with Gasteiger partial charge in [-0.1, -0.05) is 0 Å². The lowest BCUT2D eigenvalue weighted by Gasteiger charge is -2.19. The zero-order valence-corrected chi connectivity index (χ0v) is 12.8. The fraction of sp³-hybridized carbons (Fsp3) is 0.417. The topological polar surface area (TPSA) is 124 Å². The number of hydrogen-bond acceptors (Lipinski definition) is 8. The van der Waals surface area contributed by atoms with Gasteiger partial charge in [0.25, 0.3) is 16.0 Å². The molecule has 10 nitrogen and oxygen atoms in total. The lowest BCUT2D eigenvalue weighted by atomic mass is 10.3. The van der Waals surface area contributed by atoms with E-state index in [-0.39, 0.29) is 30.7 Å². The van der Waals surface area contributed by atoms with Gasteiger partial charge in [0.1, 0.15) is 17.7 Å². The Bertz CT molecular complexity index is 764. The maximum atomic E-state index is 11.9. The molecular formula is C12H13N3O7S. The lowest BCUT2D eigenvalue weighted by molar-refractivity contribution is -0.118. The molecule has 0 spiro atoms. The van der Waals surface area contributed by atoms with E-state index in [1.54, 1.807) is 6.07 Å². The highest BCUT2D eigenvalue weighted by molar-refractivity contribution is 7.86. The number of hydrogen-bond donors (Lipinski definition) is 1. The minimum atomic E-state index is -3.75. The molecule has 11 heteroatoms. The van der Waals surface area contributed by atoms with E-state index >= 15 is 0 Å². The summed E-state index contributed by atoms with van der Waals surface area (Å²) in [4.78, 5) is 28.5. The predicted molar refractivity (Wildman–Crippen MR) is 76.8 cm³/mol. The second kappa shape index (κ2) is 5.66. The number of rotatable bonds is 4. The van der Waals surface area contributed by atoms with E-state index in [4.69, 9.17) is 9.47 Å². The van der Waals surface area contributed by atoms with Crippen molar-refractivity contribution in [1.29, 1.82) is 0 Å². The standard InChI is InChI=1S/C12H13N3O7S/c1-20-23(18,19)6-7-4-15(12(17)22-7)9-3-2-8-11(13-9)14-10(16)5-21-8/h2-3,7H,4-6H2,1H3,(H,13,14,16)/t7-/m1/s1. The van der Waals surface area contributed by atoms with Gasteiger partial charge in [0.15, 0.2) is 18.2 Å². The summed E-state index contributed by atoms with van der Waals surface area (Å²) in [7, 11) is -2.72. The van der Waals surface area contributed by atoms with Crippen LogP contribution < -0.4 is 15.0 Å². The van der Waals surface area contributed by atoms with Crippen LogP contribution in [0.2, 0.25) is 0 Å². The smallest absolute Gasteiger partial charge is 0.415 e. The molecular weight excluding hydrogens is 330 g/mol. The van der Waals surface area contributed by atoms with Gasteiger partial charge in [0.05, 0.1) is 13.7 Å². The molecule has 0 bridgehead atoms. The Morgan fingerprint density at radius 1 is 1.43 bits per heavy atom. The number of cyclic esters (lactones) is 1. The Kier molecular flexibility index (Phi) is 3.82. The number of carbonyl (C=O) groups is 2. The van der Waals surface area contributed by atoms with E-state index < -0.39 is 28.1 Å². The van der Waals surface area contributed by atoms with Crippen molar-refractivity contribution in [2.75, 3.05) is 36.2 Å². The third kappa shape index (κ3) is 3.19. The second-order valence-electron chi connectivity index (χ2n) is 4.86. The molecule has 0 unspecified atom stereocenters. The van der Waals surface area contributed by atoms with E-state index in [0.29, 0.717) is 5.75 Å². The van der Waals surface area contributed by atoms with Crippen LogP contribution in [0.3, 0.4) is 0 Å². The predicted octanol–water partition coefficient (Wildman–Crippen LogP) is -0.286. The van der Waals surface area contributed by atoms with E-state index in [2.05, 4.69) is 14.5 Å². The van der Waals surface area contributed by atoms with Gasteiger partial charge in [-0.25, -0.2) is 9.78 Å². The molecule has 1 aromatic heterocycles. The van der Waals surface area contributed by atoms with Gasteiger partial charge in [0, 0.05) is 0 Å². The number of carbonyl (C=O) groups excluding carboxylic acids is 2. The van der Waals surface area contributed by atoms with Gasteiger partial charge in [-0.15, -0.1) is 0 Å². The summed E-state index contributed by atoms with van der Waals surface area (Å²) in [6, 6.07) is 3.08. The van der Waals surface area contributed by atoms with Crippen LogP contribution in [0.15, 0.2) is 12.1 Å². The molecule has 1 fully saturated rings. The molecule has 3 heterocycles. The molecule has 3 rings (SSSR count). The Morgan fingerprint density at radius 2 is 2.22 bits per heavy atom. The van der Waals surface area contributed by atoms with Crippen LogP contribution in [0.5, 0.6) is 5.75 Å². The van der Waals surface area contributed by atoms with E-state index in [9.17, 15) is 18.0 Å². The average Bonchev–Trinajstić information content (AvgIpc) is 2.86. The number of anilines is 2. The van der Waals surface area contributed by atoms with Gasteiger partial charge in [-0.05, 0) is 12.1 Å². The summed E-state index contributed by atoms with van der Waals surface area (Å²) >= 11 is 0. The number of pyridine rings is 1. The van der Waals surface area contributed by atoms with Gasteiger partial charge < -0.3 is 14.8 Å². The van der Waals surface area contributed by atoms with Crippen LogP contribution in [0.4, 0.5) is 16.4 Å². The van der Waals surface area contributed by atoms with Crippen LogP contribution >= 0.6 is 0 Å². The lowest BCUT2D eigenvalue weighted by Crippen LogP contribution is -2.30. The molecule has 1 saturated heterocycles. The monoisotopic (exact) mass is 343 g/mol. The number of nitrogens with one attached hydrogen (secondary N) is 1. The Labute approximate surface area is 131 Å². The van der Waals surface area contributed by atoms with Crippen molar-refractivity contribution in [2.45, 2.75) is 6.10 Å². The first-order valence-corrected chi connectivity index (χ1v) is 8.16. The minimum absolute atomic E-state index is 0.00200. The van der Waals surface area contributed by atoms with Crippen molar-refractivity contribution < 1.29 is 31.7 Å². The highest BCUT2D eigenvalue weighted by atomic mass is 32.2. The molecule has 0 radical (unpaired) electrons. The zero-order valence-electron chi connectivity index (χ0n) is 12.0. The Hall–Kier alpha value is -2.40. The first-order valence-electron chi connectivity index (χ1n) is 6.58. The third-order valence-electron chi connectivity index (χ3n) is 3.25.